The van der Waals surface area contributed by atoms with Gasteiger partial charge in [-0.1, -0.05) is 6.07 Å². The van der Waals surface area contributed by atoms with E-state index in [1.54, 1.807) is 13.2 Å². The first-order valence-electron chi connectivity index (χ1n) is 4.84. The first-order valence-corrected chi connectivity index (χ1v) is 5.63. The number of hydrogen-bond acceptors (Lipinski definition) is 4. The van der Waals surface area contributed by atoms with Crippen LogP contribution in [-0.4, -0.2) is 37.7 Å². The van der Waals surface area contributed by atoms with E-state index in [9.17, 15) is 4.79 Å². The van der Waals surface area contributed by atoms with Gasteiger partial charge in [0.1, 0.15) is 10.4 Å². The number of carbonyl (C=O) groups excluding carboxylic acids is 1. The number of methoxy groups -OCH3 is 1. The van der Waals surface area contributed by atoms with E-state index in [0.717, 1.165) is 4.60 Å². The molecule has 1 heterocycles. The van der Waals surface area contributed by atoms with Crippen molar-refractivity contribution in [1.82, 2.24) is 10.3 Å². The minimum absolute atomic E-state index is 0.0844. The minimum atomic E-state index is -0.0844. The standard InChI is InChI=1S/C10H14BrN3O2/c1-16-6-5-12-10(15)7-13-9-4-2-3-8(11)14-9/h2-4H,5-7H2,1H3,(H,12,15)(H,13,14). The van der Waals surface area contributed by atoms with Crippen molar-refractivity contribution in [3.05, 3.63) is 22.8 Å². The van der Waals surface area contributed by atoms with E-state index >= 15 is 0 Å². The molecule has 0 atom stereocenters. The fourth-order valence-corrected chi connectivity index (χ4v) is 1.38. The van der Waals surface area contributed by atoms with Gasteiger partial charge in [-0.15, -0.1) is 0 Å². The molecule has 5 nitrogen and oxygen atoms in total. The lowest BCUT2D eigenvalue weighted by Crippen LogP contribution is -2.32. The summed E-state index contributed by atoms with van der Waals surface area (Å²) in [5.74, 6) is 0.579. The lowest BCUT2D eigenvalue weighted by Gasteiger charge is -2.06. The van der Waals surface area contributed by atoms with Crippen molar-refractivity contribution in [3.8, 4) is 0 Å². The smallest absolute Gasteiger partial charge is 0.239 e. The minimum Gasteiger partial charge on any atom is -0.383 e. The third-order valence-electron chi connectivity index (χ3n) is 1.77. The Bertz CT molecular complexity index is 347. The van der Waals surface area contributed by atoms with Gasteiger partial charge in [0.2, 0.25) is 5.91 Å². The lowest BCUT2D eigenvalue weighted by atomic mass is 10.4. The molecule has 1 rings (SSSR count). The Morgan fingerprint density at radius 3 is 3.06 bits per heavy atom. The summed E-state index contributed by atoms with van der Waals surface area (Å²) in [7, 11) is 1.59. The fourth-order valence-electron chi connectivity index (χ4n) is 1.03. The molecule has 0 saturated carbocycles. The van der Waals surface area contributed by atoms with Crippen LogP contribution in [0.5, 0.6) is 0 Å². The molecule has 2 N–H and O–H groups in total. The third-order valence-corrected chi connectivity index (χ3v) is 2.22. The molecule has 0 bridgehead atoms. The van der Waals surface area contributed by atoms with Crippen molar-refractivity contribution in [3.63, 3.8) is 0 Å². The number of nitrogens with one attached hydrogen (secondary N) is 2. The molecular weight excluding hydrogens is 274 g/mol. The maximum Gasteiger partial charge on any atom is 0.239 e. The Morgan fingerprint density at radius 1 is 1.56 bits per heavy atom. The molecular formula is C10H14BrN3O2. The Morgan fingerprint density at radius 2 is 2.38 bits per heavy atom. The number of aromatic nitrogens is 1. The van der Waals surface area contributed by atoms with Gasteiger partial charge in [-0.2, -0.15) is 0 Å². The van der Waals surface area contributed by atoms with Crippen LogP contribution in [0.15, 0.2) is 22.8 Å². The summed E-state index contributed by atoms with van der Waals surface area (Å²) < 4.78 is 5.55. The van der Waals surface area contributed by atoms with Gasteiger partial charge < -0.3 is 15.4 Å². The summed E-state index contributed by atoms with van der Waals surface area (Å²) in [6.45, 7) is 1.23. The van der Waals surface area contributed by atoms with Crippen LogP contribution in [0.2, 0.25) is 0 Å². The number of amides is 1. The van der Waals surface area contributed by atoms with E-state index in [1.165, 1.54) is 0 Å². The summed E-state index contributed by atoms with van der Waals surface area (Å²) in [6.07, 6.45) is 0. The van der Waals surface area contributed by atoms with Gasteiger partial charge in [0.25, 0.3) is 0 Å². The molecule has 0 unspecified atom stereocenters. The largest absolute Gasteiger partial charge is 0.383 e. The highest BCUT2D eigenvalue weighted by Crippen LogP contribution is 2.09. The number of pyridine rings is 1. The van der Waals surface area contributed by atoms with Gasteiger partial charge in [-0.05, 0) is 28.1 Å². The van der Waals surface area contributed by atoms with Crippen molar-refractivity contribution >= 4 is 27.7 Å². The third kappa shape index (κ3) is 5.09. The van der Waals surface area contributed by atoms with E-state index < -0.39 is 0 Å². The van der Waals surface area contributed by atoms with Crippen LogP contribution in [0.25, 0.3) is 0 Å². The summed E-state index contributed by atoms with van der Waals surface area (Å²) >= 11 is 3.25. The van der Waals surface area contributed by atoms with Crippen LogP contribution in [0, 0.1) is 0 Å². The van der Waals surface area contributed by atoms with Crippen molar-refractivity contribution in [2.24, 2.45) is 0 Å². The van der Waals surface area contributed by atoms with Crippen molar-refractivity contribution < 1.29 is 9.53 Å². The quantitative estimate of drug-likeness (QED) is 0.606. The topological polar surface area (TPSA) is 63.2 Å². The summed E-state index contributed by atoms with van der Waals surface area (Å²) in [5.41, 5.74) is 0. The summed E-state index contributed by atoms with van der Waals surface area (Å²) in [6, 6.07) is 5.47. The average molecular weight is 288 g/mol. The Kier molecular flexibility index (Phi) is 5.81. The number of anilines is 1. The Balaban J connectivity index is 2.26. The van der Waals surface area contributed by atoms with Gasteiger partial charge >= 0.3 is 0 Å². The van der Waals surface area contributed by atoms with E-state index in [2.05, 4.69) is 31.5 Å². The van der Waals surface area contributed by atoms with E-state index in [-0.39, 0.29) is 12.5 Å². The van der Waals surface area contributed by atoms with Gasteiger partial charge in [0.05, 0.1) is 13.2 Å². The first-order chi connectivity index (χ1) is 7.72. The Hall–Kier alpha value is -1.14. The SMILES string of the molecule is COCCNC(=O)CNc1cccc(Br)n1. The van der Waals surface area contributed by atoms with Crippen LogP contribution in [0.4, 0.5) is 5.82 Å². The van der Waals surface area contributed by atoms with Crippen LogP contribution in [0.3, 0.4) is 0 Å². The number of hydrogen-bond donors (Lipinski definition) is 2. The number of carbonyl (C=O) groups is 1. The van der Waals surface area contributed by atoms with Crippen LogP contribution < -0.4 is 10.6 Å². The predicted molar refractivity (Wildman–Crippen MR) is 65.3 cm³/mol. The maximum atomic E-state index is 11.3. The van der Waals surface area contributed by atoms with Gasteiger partial charge in [-0.3, -0.25) is 4.79 Å². The van der Waals surface area contributed by atoms with Gasteiger partial charge in [0.15, 0.2) is 0 Å². The molecule has 0 aromatic carbocycles. The summed E-state index contributed by atoms with van der Waals surface area (Å²) in [4.78, 5) is 15.4. The number of halogens is 1. The zero-order valence-corrected chi connectivity index (χ0v) is 10.6. The predicted octanol–water partition coefficient (Wildman–Crippen LogP) is 1.02. The highest BCUT2D eigenvalue weighted by molar-refractivity contribution is 9.10. The highest BCUT2D eigenvalue weighted by Gasteiger charge is 2.00. The van der Waals surface area contributed by atoms with Crippen LogP contribution in [0.1, 0.15) is 0 Å². The van der Waals surface area contributed by atoms with E-state index in [1.807, 2.05) is 12.1 Å². The summed E-state index contributed by atoms with van der Waals surface area (Å²) in [5, 5.41) is 5.62. The van der Waals surface area contributed by atoms with Crippen LogP contribution in [-0.2, 0) is 9.53 Å². The molecule has 1 aromatic rings. The number of nitrogens with zero attached hydrogens (tertiary/aromatic N) is 1. The molecule has 16 heavy (non-hydrogen) atoms. The fraction of sp³-hybridized carbons (Fsp3) is 0.400. The molecule has 1 aromatic heterocycles. The molecule has 0 radical (unpaired) electrons. The monoisotopic (exact) mass is 287 g/mol. The molecule has 6 heteroatoms. The normalized spacial score (nSPS) is 9.88. The second-order valence-corrected chi connectivity index (χ2v) is 3.85. The van der Waals surface area contributed by atoms with Crippen molar-refractivity contribution in [1.29, 1.82) is 0 Å². The molecule has 0 aliphatic carbocycles. The lowest BCUT2D eigenvalue weighted by molar-refractivity contribution is -0.119. The zero-order valence-electron chi connectivity index (χ0n) is 9.00. The van der Waals surface area contributed by atoms with E-state index in [4.69, 9.17) is 4.74 Å². The van der Waals surface area contributed by atoms with E-state index in [0.29, 0.717) is 19.0 Å². The molecule has 0 spiro atoms. The molecule has 0 aliphatic heterocycles. The van der Waals surface area contributed by atoms with Gasteiger partial charge in [-0.25, -0.2) is 4.98 Å². The molecule has 0 fully saturated rings. The molecule has 0 saturated heterocycles. The van der Waals surface area contributed by atoms with Crippen molar-refractivity contribution in [2.75, 3.05) is 32.1 Å². The molecule has 0 aliphatic rings. The molecule has 88 valence electrons. The Labute approximate surface area is 103 Å². The first kappa shape index (κ1) is 12.9. The number of rotatable bonds is 6. The van der Waals surface area contributed by atoms with Gasteiger partial charge in [0, 0.05) is 13.7 Å². The highest BCUT2D eigenvalue weighted by atomic mass is 79.9. The van der Waals surface area contributed by atoms with Crippen molar-refractivity contribution in [2.45, 2.75) is 0 Å². The molecule has 1 amide bonds. The second kappa shape index (κ2) is 7.19. The average Bonchev–Trinajstić information content (AvgIpc) is 2.27. The maximum absolute atomic E-state index is 11.3. The second-order valence-electron chi connectivity index (χ2n) is 3.04. The van der Waals surface area contributed by atoms with Crippen LogP contribution >= 0.6 is 15.9 Å². The zero-order chi connectivity index (χ0) is 11.8. The number of ether oxygens (including phenoxy) is 1.